The molecule has 0 aromatic carbocycles. The molecule has 72 valence electrons. The van der Waals surface area contributed by atoms with Gasteiger partial charge in [-0.05, 0) is 26.8 Å². The molecule has 4 nitrogen and oxygen atoms in total. The molecule has 0 saturated heterocycles. The summed E-state index contributed by atoms with van der Waals surface area (Å²) in [5, 5.41) is 16.9. The molecule has 0 fully saturated rings. The maximum atomic E-state index is 10.4. The highest BCUT2D eigenvalue weighted by molar-refractivity contribution is 5.91. The third-order valence-corrected chi connectivity index (χ3v) is 1.24. The van der Waals surface area contributed by atoms with Gasteiger partial charge in [-0.25, -0.2) is 4.79 Å². The van der Waals surface area contributed by atoms with Crippen LogP contribution in [0.2, 0.25) is 0 Å². The van der Waals surface area contributed by atoms with E-state index < -0.39 is 5.97 Å². The Hall–Kier alpha value is -1.34. The monoisotopic (exact) mass is 183 g/mol. The van der Waals surface area contributed by atoms with E-state index >= 15 is 0 Å². The number of carboxylic acids is 1. The molecule has 0 bridgehead atoms. The van der Waals surface area contributed by atoms with Crippen molar-refractivity contribution < 1.29 is 14.6 Å². The van der Waals surface area contributed by atoms with Crippen molar-refractivity contribution in [3.8, 4) is 6.07 Å². The van der Waals surface area contributed by atoms with E-state index in [0.717, 1.165) is 0 Å². The molecule has 0 aliphatic heterocycles. The van der Waals surface area contributed by atoms with E-state index in [1.807, 2.05) is 13.8 Å². The van der Waals surface area contributed by atoms with E-state index in [4.69, 9.17) is 15.1 Å². The van der Waals surface area contributed by atoms with Gasteiger partial charge in [-0.15, -0.1) is 0 Å². The number of hydrogen-bond donors (Lipinski definition) is 1. The van der Waals surface area contributed by atoms with Crippen molar-refractivity contribution in [1.82, 2.24) is 0 Å². The van der Waals surface area contributed by atoms with Crippen molar-refractivity contribution in [3.05, 3.63) is 11.6 Å². The summed E-state index contributed by atoms with van der Waals surface area (Å²) in [7, 11) is 0. The third-order valence-electron chi connectivity index (χ3n) is 1.24. The summed E-state index contributed by atoms with van der Waals surface area (Å²) < 4.78 is 5.24. The van der Waals surface area contributed by atoms with Crippen LogP contribution in [0.4, 0.5) is 0 Å². The van der Waals surface area contributed by atoms with Crippen molar-refractivity contribution in [1.29, 1.82) is 5.26 Å². The number of carboxylic acid groups (broad SMARTS) is 1. The molecule has 0 aromatic rings. The second-order valence-electron chi connectivity index (χ2n) is 2.89. The Bertz CT molecular complexity index is 250. The fourth-order valence-corrected chi connectivity index (χ4v) is 0.860. The van der Waals surface area contributed by atoms with Crippen molar-refractivity contribution in [2.45, 2.75) is 33.0 Å². The standard InChI is InChI=1S/C9H13NO3/c1-6(2)13-7(3)4-8(5-10)9(11)12/h4,6-7H,1-3H3,(H,11,12). The SMILES string of the molecule is CC(C)OC(C)C=C(C#N)C(=O)O. The van der Waals surface area contributed by atoms with Crippen LogP contribution in [0.25, 0.3) is 0 Å². The van der Waals surface area contributed by atoms with Crippen molar-refractivity contribution in [2.75, 3.05) is 0 Å². The van der Waals surface area contributed by atoms with Crippen LogP contribution in [-0.4, -0.2) is 23.3 Å². The van der Waals surface area contributed by atoms with Crippen molar-refractivity contribution in [3.63, 3.8) is 0 Å². The van der Waals surface area contributed by atoms with Gasteiger partial charge in [0.15, 0.2) is 0 Å². The zero-order valence-electron chi connectivity index (χ0n) is 7.94. The van der Waals surface area contributed by atoms with E-state index in [1.165, 1.54) is 6.08 Å². The fourth-order valence-electron chi connectivity index (χ4n) is 0.860. The molecular formula is C9H13NO3. The first-order valence-corrected chi connectivity index (χ1v) is 3.98. The second kappa shape index (κ2) is 5.33. The van der Waals surface area contributed by atoms with Crippen LogP contribution in [0.1, 0.15) is 20.8 Å². The molecule has 13 heavy (non-hydrogen) atoms. The Morgan fingerprint density at radius 2 is 2.08 bits per heavy atom. The average molecular weight is 183 g/mol. The summed E-state index contributed by atoms with van der Waals surface area (Å²) >= 11 is 0. The molecule has 1 N–H and O–H groups in total. The lowest BCUT2D eigenvalue weighted by Gasteiger charge is -2.11. The van der Waals surface area contributed by atoms with Gasteiger partial charge in [0.1, 0.15) is 11.6 Å². The molecular weight excluding hydrogens is 170 g/mol. The predicted molar refractivity (Wildman–Crippen MR) is 47.0 cm³/mol. The van der Waals surface area contributed by atoms with E-state index in [9.17, 15) is 4.79 Å². The maximum Gasteiger partial charge on any atom is 0.346 e. The molecule has 0 rings (SSSR count). The molecule has 0 aliphatic rings. The number of carbonyl (C=O) groups is 1. The van der Waals surface area contributed by atoms with Crippen LogP contribution in [0.15, 0.2) is 11.6 Å². The van der Waals surface area contributed by atoms with Gasteiger partial charge in [0, 0.05) is 0 Å². The molecule has 0 amide bonds. The van der Waals surface area contributed by atoms with Crippen molar-refractivity contribution >= 4 is 5.97 Å². The fraction of sp³-hybridized carbons (Fsp3) is 0.556. The average Bonchev–Trinajstić information content (AvgIpc) is 1.98. The molecule has 0 radical (unpaired) electrons. The smallest absolute Gasteiger partial charge is 0.346 e. The summed E-state index contributed by atoms with van der Waals surface area (Å²) in [6, 6.07) is 1.59. The molecule has 1 unspecified atom stereocenters. The number of nitriles is 1. The first kappa shape index (κ1) is 11.7. The van der Waals surface area contributed by atoms with Crippen LogP contribution >= 0.6 is 0 Å². The summed E-state index contributed by atoms with van der Waals surface area (Å²) in [5.41, 5.74) is -0.284. The van der Waals surface area contributed by atoms with E-state index in [0.29, 0.717) is 0 Å². The van der Waals surface area contributed by atoms with Gasteiger partial charge >= 0.3 is 5.97 Å². The van der Waals surface area contributed by atoms with Crippen LogP contribution in [0.5, 0.6) is 0 Å². The second-order valence-corrected chi connectivity index (χ2v) is 2.89. The summed E-state index contributed by atoms with van der Waals surface area (Å²) in [5.74, 6) is -1.22. The number of rotatable bonds is 4. The van der Waals surface area contributed by atoms with Crippen molar-refractivity contribution in [2.24, 2.45) is 0 Å². The summed E-state index contributed by atoms with van der Waals surface area (Å²) in [6.07, 6.45) is 0.952. The molecule has 0 aromatic heterocycles. The quantitative estimate of drug-likeness (QED) is 0.527. The minimum atomic E-state index is -1.22. The Balaban J connectivity index is 4.36. The molecule has 0 aliphatic carbocycles. The highest BCUT2D eigenvalue weighted by Crippen LogP contribution is 2.02. The molecule has 0 heterocycles. The highest BCUT2D eigenvalue weighted by atomic mass is 16.5. The predicted octanol–water partition coefficient (Wildman–Crippen LogP) is 1.33. The first-order chi connectivity index (χ1) is 5.97. The van der Waals surface area contributed by atoms with Gasteiger partial charge in [-0.3, -0.25) is 0 Å². The first-order valence-electron chi connectivity index (χ1n) is 3.98. The Morgan fingerprint density at radius 1 is 1.54 bits per heavy atom. The number of hydrogen-bond acceptors (Lipinski definition) is 3. The summed E-state index contributed by atoms with van der Waals surface area (Å²) in [6.45, 7) is 5.38. The topological polar surface area (TPSA) is 70.3 Å². The van der Waals surface area contributed by atoms with Crippen LogP contribution < -0.4 is 0 Å². The zero-order chi connectivity index (χ0) is 10.4. The molecule has 4 heteroatoms. The lowest BCUT2D eigenvalue weighted by molar-refractivity contribution is -0.132. The van der Waals surface area contributed by atoms with E-state index in [1.54, 1.807) is 13.0 Å². The van der Waals surface area contributed by atoms with Crippen LogP contribution in [-0.2, 0) is 9.53 Å². The summed E-state index contributed by atoms with van der Waals surface area (Å²) in [4.78, 5) is 10.4. The lowest BCUT2D eigenvalue weighted by Crippen LogP contribution is -2.13. The third kappa shape index (κ3) is 4.99. The number of aliphatic carboxylic acids is 1. The number of nitrogens with zero attached hydrogens (tertiary/aromatic N) is 1. The van der Waals surface area contributed by atoms with Crippen LogP contribution in [0.3, 0.4) is 0 Å². The minimum Gasteiger partial charge on any atom is -0.477 e. The lowest BCUT2D eigenvalue weighted by atomic mass is 10.2. The van der Waals surface area contributed by atoms with Gasteiger partial charge in [-0.2, -0.15) is 5.26 Å². The Morgan fingerprint density at radius 3 is 2.38 bits per heavy atom. The Kier molecular flexibility index (Phi) is 4.78. The normalized spacial score (nSPS) is 13.9. The number of ether oxygens (including phenoxy) is 1. The van der Waals surface area contributed by atoms with Gasteiger partial charge in [-0.1, -0.05) is 0 Å². The van der Waals surface area contributed by atoms with E-state index in [2.05, 4.69) is 0 Å². The van der Waals surface area contributed by atoms with Gasteiger partial charge in [0.05, 0.1) is 12.2 Å². The molecule has 1 atom stereocenters. The van der Waals surface area contributed by atoms with Gasteiger partial charge in [0.2, 0.25) is 0 Å². The van der Waals surface area contributed by atoms with Gasteiger partial charge in [0.25, 0.3) is 0 Å². The highest BCUT2D eigenvalue weighted by Gasteiger charge is 2.09. The maximum absolute atomic E-state index is 10.4. The largest absolute Gasteiger partial charge is 0.477 e. The zero-order valence-corrected chi connectivity index (χ0v) is 7.94. The van der Waals surface area contributed by atoms with Crippen LogP contribution in [0, 0.1) is 11.3 Å². The minimum absolute atomic E-state index is 0.0139. The van der Waals surface area contributed by atoms with E-state index in [-0.39, 0.29) is 17.8 Å². The molecule has 0 saturated carbocycles. The van der Waals surface area contributed by atoms with Gasteiger partial charge < -0.3 is 9.84 Å². The molecule has 0 spiro atoms. The Labute approximate surface area is 77.4 Å².